The molecule has 1 aromatic rings. The van der Waals surface area contributed by atoms with Gasteiger partial charge in [0.15, 0.2) is 0 Å². The number of amides is 1. The van der Waals surface area contributed by atoms with Crippen LogP contribution in [0.1, 0.15) is 135 Å². The minimum Gasteiger partial charge on any atom is -0.480 e. The van der Waals surface area contributed by atoms with Gasteiger partial charge in [0.25, 0.3) is 0 Å². The maximum Gasteiger partial charge on any atom is 0.335 e. The number of aromatic carboxylic acids is 1. The van der Waals surface area contributed by atoms with Gasteiger partial charge in [-0.15, -0.1) is 0 Å². The lowest BCUT2D eigenvalue weighted by Crippen LogP contribution is -2.58. The summed E-state index contributed by atoms with van der Waals surface area (Å²) in [5.41, 5.74) is 4.05. The van der Waals surface area contributed by atoms with E-state index in [1.54, 1.807) is 12.1 Å². The fourth-order valence-electron chi connectivity index (χ4n) is 13.5. The lowest BCUT2D eigenvalue weighted by molar-refractivity contribution is -0.152. The van der Waals surface area contributed by atoms with Gasteiger partial charge in [-0.05, 0) is 159 Å². The molecule has 0 aliphatic heterocycles. The van der Waals surface area contributed by atoms with Crippen molar-refractivity contribution in [1.82, 2.24) is 10.2 Å². The molecule has 1 aromatic carbocycles. The molecular weight excluding hydrogens is 649 g/mol. The summed E-state index contributed by atoms with van der Waals surface area (Å²) in [4.78, 5) is 39.6. The second kappa shape index (κ2) is 14.0. The van der Waals surface area contributed by atoms with E-state index in [0.717, 1.165) is 50.5 Å². The van der Waals surface area contributed by atoms with Crippen molar-refractivity contribution in [1.29, 1.82) is 0 Å². The quantitative estimate of drug-likeness (QED) is 0.197. The van der Waals surface area contributed by atoms with E-state index in [9.17, 15) is 24.6 Å². The molecule has 3 unspecified atom stereocenters. The summed E-state index contributed by atoms with van der Waals surface area (Å²) < 4.78 is 0. The molecule has 286 valence electrons. The van der Waals surface area contributed by atoms with Crippen molar-refractivity contribution >= 4 is 23.4 Å². The number of rotatable bonds is 11. The molecule has 9 atom stereocenters. The highest BCUT2D eigenvalue weighted by atomic mass is 16.4. The first-order valence-electron chi connectivity index (χ1n) is 20.4. The molecule has 5 aliphatic rings. The van der Waals surface area contributed by atoms with Crippen LogP contribution in [0, 0.1) is 56.7 Å². The van der Waals surface area contributed by atoms with Gasteiger partial charge < -0.3 is 15.5 Å². The Morgan fingerprint density at radius 3 is 2.27 bits per heavy atom. The average Bonchev–Trinajstić information content (AvgIpc) is 3.37. The molecule has 1 amide bonds. The van der Waals surface area contributed by atoms with Crippen LogP contribution >= 0.6 is 0 Å². The predicted molar refractivity (Wildman–Crippen MR) is 208 cm³/mol. The Kier molecular flexibility index (Phi) is 10.5. The van der Waals surface area contributed by atoms with Crippen molar-refractivity contribution in [3.63, 3.8) is 0 Å². The van der Waals surface area contributed by atoms with E-state index in [1.165, 1.54) is 36.8 Å². The lowest BCUT2D eigenvalue weighted by atomic mass is 9.44. The van der Waals surface area contributed by atoms with Crippen LogP contribution in [-0.2, 0) is 9.59 Å². The van der Waals surface area contributed by atoms with Crippen molar-refractivity contribution in [3.8, 4) is 0 Å². The lowest BCUT2D eigenvalue weighted by Gasteiger charge is -2.60. The van der Waals surface area contributed by atoms with Crippen LogP contribution in [0.4, 0.5) is 0 Å². The van der Waals surface area contributed by atoms with Crippen LogP contribution in [0.15, 0.2) is 42.5 Å². The molecule has 6 rings (SSSR count). The molecule has 2 bridgehead atoms. The molecule has 7 heteroatoms. The molecule has 52 heavy (non-hydrogen) atoms. The van der Waals surface area contributed by atoms with Crippen molar-refractivity contribution < 1.29 is 24.6 Å². The highest BCUT2D eigenvalue weighted by molar-refractivity contribution is 5.88. The number of nitrogens with one attached hydrogen (secondary N) is 1. The highest BCUT2D eigenvalue weighted by Gasteiger charge is 2.68. The molecule has 0 heterocycles. The summed E-state index contributed by atoms with van der Waals surface area (Å²) in [5, 5.41) is 22.3. The van der Waals surface area contributed by atoms with Gasteiger partial charge in [0.1, 0.15) is 0 Å². The third-order valence-corrected chi connectivity index (χ3v) is 16.4. The van der Waals surface area contributed by atoms with Crippen molar-refractivity contribution in [2.75, 3.05) is 26.2 Å². The van der Waals surface area contributed by atoms with Gasteiger partial charge in [-0.25, -0.2) is 4.79 Å². The first kappa shape index (κ1) is 38.8. The largest absolute Gasteiger partial charge is 0.480 e. The Labute approximate surface area is 313 Å². The number of carbonyl (C=O) groups excluding carboxylic acids is 1. The zero-order chi connectivity index (χ0) is 37.9. The zero-order valence-electron chi connectivity index (χ0n) is 33.2. The van der Waals surface area contributed by atoms with Gasteiger partial charge in [-0.2, -0.15) is 0 Å². The Bertz CT molecular complexity index is 1600. The fraction of sp³-hybridized carbons (Fsp3) is 0.711. The number of nitrogens with zero attached hydrogens (tertiary/aromatic N) is 1. The minimum atomic E-state index is -0.886. The Morgan fingerprint density at radius 1 is 0.923 bits per heavy atom. The first-order valence-corrected chi connectivity index (χ1v) is 20.4. The van der Waals surface area contributed by atoms with E-state index < -0.39 is 17.4 Å². The van der Waals surface area contributed by atoms with E-state index in [1.807, 2.05) is 17.0 Å². The van der Waals surface area contributed by atoms with E-state index in [-0.39, 0.29) is 40.0 Å². The molecule has 0 spiro atoms. The molecule has 5 aliphatic carbocycles. The number of aliphatic carboxylic acids is 1. The van der Waals surface area contributed by atoms with Crippen LogP contribution in [0.25, 0.3) is 5.57 Å². The molecule has 4 fully saturated rings. The second-order valence-electron chi connectivity index (χ2n) is 19.2. The SMILES string of the molecule is C=C(C)[C@@H]1CC[C@]2(C(=O)NCCN(CCC)CC(=O)O)CC[C@]3(C)[C@H](CCC4C[C@@]3(C)CCC3C(C)(C)C(c5ccc(C(=O)O)cc5)=CC[C@]43C)C12. The number of fused-ring (bicyclic) bond motifs is 8. The van der Waals surface area contributed by atoms with Crippen molar-refractivity contribution in [3.05, 3.63) is 53.6 Å². The van der Waals surface area contributed by atoms with E-state index >= 15 is 0 Å². The number of benzene rings is 1. The number of hydrogen-bond donors (Lipinski definition) is 3. The summed E-state index contributed by atoms with van der Waals surface area (Å²) in [6.45, 7) is 23.2. The normalized spacial score (nSPS) is 37.8. The smallest absolute Gasteiger partial charge is 0.335 e. The summed E-state index contributed by atoms with van der Waals surface area (Å²) in [6.07, 6.45) is 14.3. The predicted octanol–water partition coefficient (Wildman–Crippen LogP) is 9.34. The summed E-state index contributed by atoms with van der Waals surface area (Å²) in [6, 6.07) is 7.52. The minimum absolute atomic E-state index is 0.00331. The average molecular weight is 715 g/mol. The molecular formula is C45H66N2O5. The summed E-state index contributed by atoms with van der Waals surface area (Å²) >= 11 is 0. The van der Waals surface area contributed by atoms with Crippen LogP contribution in [-0.4, -0.2) is 59.1 Å². The molecule has 0 radical (unpaired) electrons. The van der Waals surface area contributed by atoms with Crippen LogP contribution < -0.4 is 5.32 Å². The monoisotopic (exact) mass is 714 g/mol. The number of allylic oxidation sites excluding steroid dienone is 3. The molecule has 7 nitrogen and oxygen atoms in total. The van der Waals surface area contributed by atoms with Crippen molar-refractivity contribution in [2.24, 2.45) is 56.7 Å². The molecule has 0 saturated heterocycles. The van der Waals surface area contributed by atoms with Gasteiger partial charge in [0, 0.05) is 13.1 Å². The number of carboxylic acids is 2. The standard InChI is InChI=1S/C45H66N2O5/c1-9-25-47(28-37(48)49)26-24-46-40(52)45-21-16-33(29(2)3)38(45)35-15-14-32-27-42(6,44(35,8)22-23-45)19-18-36-41(4,5)34(17-20-43(32,36)7)30-10-12-31(13-11-30)39(50)51/h10-13,17,32-33,35-36,38H,2,9,14-16,18-28H2,1,3-8H3,(H,46,52)(H,48,49)(H,50,51)/t32?,33-,35+,36?,38?,42+,43+,44+,45-/m0/s1. The summed E-state index contributed by atoms with van der Waals surface area (Å²) in [7, 11) is 0. The third kappa shape index (κ3) is 6.29. The first-order chi connectivity index (χ1) is 24.4. The Morgan fingerprint density at radius 2 is 1.63 bits per heavy atom. The van der Waals surface area contributed by atoms with Crippen molar-refractivity contribution in [2.45, 2.75) is 119 Å². The zero-order valence-corrected chi connectivity index (χ0v) is 33.2. The number of carbonyl (C=O) groups is 3. The molecule has 4 saturated carbocycles. The van der Waals surface area contributed by atoms with E-state index in [0.29, 0.717) is 48.9 Å². The van der Waals surface area contributed by atoms with E-state index in [4.69, 9.17) is 0 Å². The maximum absolute atomic E-state index is 14.6. The van der Waals surface area contributed by atoms with Crippen LogP contribution in [0.3, 0.4) is 0 Å². The Balaban J connectivity index is 1.29. The number of carboxylic acid groups (broad SMARTS) is 2. The van der Waals surface area contributed by atoms with Gasteiger partial charge >= 0.3 is 11.9 Å². The topological polar surface area (TPSA) is 107 Å². The molecule has 3 N–H and O–H groups in total. The Hall–Kier alpha value is -2.93. The molecule has 0 aromatic heterocycles. The fourth-order valence-corrected chi connectivity index (χ4v) is 13.5. The maximum atomic E-state index is 14.6. The van der Waals surface area contributed by atoms with Gasteiger partial charge in [0.2, 0.25) is 5.91 Å². The van der Waals surface area contributed by atoms with Crippen LogP contribution in [0.2, 0.25) is 0 Å². The van der Waals surface area contributed by atoms with Gasteiger partial charge in [-0.1, -0.05) is 71.9 Å². The summed E-state index contributed by atoms with van der Waals surface area (Å²) in [5.74, 6) is 0.658. The third-order valence-electron chi connectivity index (χ3n) is 16.4. The van der Waals surface area contributed by atoms with Gasteiger partial charge in [-0.3, -0.25) is 14.5 Å². The highest BCUT2D eigenvalue weighted by Crippen LogP contribution is 2.74. The second-order valence-corrected chi connectivity index (χ2v) is 19.2. The van der Waals surface area contributed by atoms with E-state index in [2.05, 4.69) is 66.4 Å². The van der Waals surface area contributed by atoms with Crippen LogP contribution in [0.5, 0.6) is 0 Å². The van der Waals surface area contributed by atoms with Gasteiger partial charge in [0.05, 0.1) is 17.5 Å². The number of hydrogen-bond acceptors (Lipinski definition) is 4.